The molecule has 0 saturated heterocycles. The van der Waals surface area contributed by atoms with E-state index in [-0.39, 0.29) is 16.9 Å². The molecule has 0 aliphatic heterocycles. The maximum absolute atomic E-state index is 11.6. The second-order valence-electron chi connectivity index (χ2n) is 4.70. The van der Waals surface area contributed by atoms with Crippen LogP contribution in [0.25, 0.3) is 0 Å². The van der Waals surface area contributed by atoms with E-state index in [9.17, 15) is 4.79 Å². The first-order valence-corrected chi connectivity index (χ1v) is 6.65. The van der Waals surface area contributed by atoms with Crippen molar-refractivity contribution in [3.8, 4) is 0 Å². The lowest BCUT2D eigenvalue weighted by atomic mass is 10.1. The standard InChI is InChI=1S/C13H21ClN2O2/c1-9(2)10(3)15-7-4-8-16-13(17)11-5-6-12(14)18-11/h5-6,9-10,15H,4,7-8H2,1-3H3,(H,16,17). The van der Waals surface area contributed by atoms with Gasteiger partial charge in [0.2, 0.25) is 0 Å². The maximum Gasteiger partial charge on any atom is 0.287 e. The molecule has 0 bridgehead atoms. The fourth-order valence-corrected chi connectivity index (χ4v) is 1.53. The van der Waals surface area contributed by atoms with Gasteiger partial charge in [-0.2, -0.15) is 0 Å². The van der Waals surface area contributed by atoms with Crippen LogP contribution in [-0.4, -0.2) is 25.0 Å². The first kappa shape index (κ1) is 15.1. The molecule has 0 aliphatic rings. The molecule has 1 heterocycles. The van der Waals surface area contributed by atoms with Crippen molar-refractivity contribution in [1.29, 1.82) is 0 Å². The van der Waals surface area contributed by atoms with Gasteiger partial charge in [-0.1, -0.05) is 13.8 Å². The van der Waals surface area contributed by atoms with Gasteiger partial charge in [0.1, 0.15) is 0 Å². The van der Waals surface area contributed by atoms with Crippen LogP contribution >= 0.6 is 11.6 Å². The third-order valence-electron chi connectivity index (χ3n) is 2.90. The molecule has 102 valence electrons. The Hall–Kier alpha value is -1.00. The van der Waals surface area contributed by atoms with E-state index in [4.69, 9.17) is 16.0 Å². The summed E-state index contributed by atoms with van der Waals surface area (Å²) in [4.78, 5) is 11.6. The van der Waals surface area contributed by atoms with Gasteiger partial charge in [-0.3, -0.25) is 4.79 Å². The van der Waals surface area contributed by atoms with E-state index < -0.39 is 0 Å². The highest BCUT2D eigenvalue weighted by molar-refractivity contribution is 6.29. The second-order valence-corrected chi connectivity index (χ2v) is 5.07. The molecule has 1 unspecified atom stereocenters. The van der Waals surface area contributed by atoms with Crippen molar-refractivity contribution in [1.82, 2.24) is 10.6 Å². The van der Waals surface area contributed by atoms with Crippen molar-refractivity contribution in [3.63, 3.8) is 0 Å². The SMILES string of the molecule is CC(C)C(C)NCCCNC(=O)c1ccc(Cl)o1. The molecule has 0 saturated carbocycles. The zero-order valence-corrected chi connectivity index (χ0v) is 11.9. The van der Waals surface area contributed by atoms with Crippen molar-refractivity contribution in [2.24, 2.45) is 5.92 Å². The van der Waals surface area contributed by atoms with E-state index in [0.717, 1.165) is 13.0 Å². The highest BCUT2D eigenvalue weighted by atomic mass is 35.5. The lowest BCUT2D eigenvalue weighted by Crippen LogP contribution is -2.33. The summed E-state index contributed by atoms with van der Waals surface area (Å²) >= 11 is 5.60. The molecule has 1 atom stereocenters. The smallest absolute Gasteiger partial charge is 0.287 e. The minimum absolute atomic E-state index is 0.223. The third-order valence-corrected chi connectivity index (χ3v) is 3.11. The number of amides is 1. The second kappa shape index (κ2) is 7.44. The molecular formula is C13H21ClN2O2. The fourth-order valence-electron chi connectivity index (χ4n) is 1.38. The Morgan fingerprint density at radius 3 is 2.61 bits per heavy atom. The van der Waals surface area contributed by atoms with Crippen LogP contribution in [0.2, 0.25) is 5.22 Å². The number of hydrogen-bond donors (Lipinski definition) is 2. The predicted molar refractivity (Wildman–Crippen MR) is 73.0 cm³/mol. The van der Waals surface area contributed by atoms with E-state index in [1.54, 1.807) is 12.1 Å². The van der Waals surface area contributed by atoms with Crippen LogP contribution in [0.3, 0.4) is 0 Å². The molecule has 5 heteroatoms. The summed E-state index contributed by atoms with van der Waals surface area (Å²) in [5, 5.41) is 6.42. The Balaban J connectivity index is 2.13. The Morgan fingerprint density at radius 1 is 1.33 bits per heavy atom. The normalized spacial score (nSPS) is 12.7. The average molecular weight is 273 g/mol. The van der Waals surface area contributed by atoms with E-state index in [2.05, 4.69) is 31.4 Å². The highest BCUT2D eigenvalue weighted by Gasteiger charge is 2.09. The molecule has 1 aromatic heterocycles. The summed E-state index contributed by atoms with van der Waals surface area (Å²) in [5.41, 5.74) is 0. The Labute approximate surface area is 113 Å². The van der Waals surface area contributed by atoms with Crippen molar-refractivity contribution < 1.29 is 9.21 Å². The summed E-state index contributed by atoms with van der Waals surface area (Å²) in [6.45, 7) is 8.03. The first-order valence-electron chi connectivity index (χ1n) is 6.27. The lowest BCUT2D eigenvalue weighted by Gasteiger charge is -2.17. The first-order chi connectivity index (χ1) is 8.50. The van der Waals surface area contributed by atoms with Crippen molar-refractivity contribution in [3.05, 3.63) is 23.1 Å². The molecule has 18 heavy (non-hydrogen) atoms. The summed E-state index contributed by atoms with van der Waals surface area (Å²) in [5.74, 6) is 0.646. The topological polar surface area (TPSA) is 54.3 Å². The third kappa shape index (κ3) is 5.10. The molecule has 1 rings (SSSR count). The summed E-state index contributed by atoms with van der Waals surface area (Å²) in [7, 11) is 0. The molecule has 0 spiro atoms. The summed E-state index contributed by atoms with van der Waals surface area (Å²) in [6, 6.07) is 3.61. The molecule has 0 aromatic carbocycles. The van der Waals surface area contributed by atoms with Gasteiger partial charge in [-0.15, -0.1) is 0 Å². The van der Waals surface area contributed by atoms with E-state index in [1.165, 1.54) is 0 Å². The monoisotopic (exact) mass is 272 g/mol. The van der Waals surface area contributed by atoms with Gasteiger partial charge in [0, 0.05) is 12.6 Å². The molecule has 1 aromatic rings. The number of hydrogen-bond acceptors (Lipinski definition) is 3. The Morgan fingerprint density at radius 2 is 2.06 bits per heavy atom. The largest absolute Gasteiger partial charge is 0.440 e. The van der Waals surface area contributed by atoms with Gasteiger partial charge >= 0.3 is 0 Å². The predicted octanol–water partition coefficient (Wildman–Crippen LogP) is 2.69. The number of carbonyl (C=O) groups excluding carboxylic acids is 1. The number of nitrogens with one attached hydrogen (secondary N) is 2. The maximum atomic E-state index is 11.6. The lowest BCUT2D eigenvalue weighted by molar-refractivity contribution is 0.0925. The minimum atomic E-state index is -0.223. The van der Waals surface area contributed by atoms with E-state index in [0.29, 0.717) is 18.5 Å². The zero-order chi connectivity index (χ0) is 13.5. The summed E-state index contributed by atoms with van der Waals surface area (Å²) < 4.78 is 5.01. The molecule has 0 aliphatic carbocycles. The van der Waals surface area contributed by atoms with Crippen LogP contribution in [0.1, 0.15) is 37.7 Å². The molecule has 0 radical (unpaired) electrons. The van der Waals surface area contributed by atoms with Crippen LogP contribution in [-0.2, 0) is 0 Å². The van der Waals surface area contributed by atoms with Gasteiger partial charge in [-0.05, 0) is 49.5 Å². The van der Waals surface area contributed by atoms with E-state index >= 15 is 0 Å². The molecule has 4 nitrogen and oxygen atoms in total. The quantitative estimate of drug-likeness (QED) is 0.751. The van der Waals surface area contributed by atoms with Crippen LogP contribution in [0.4, 0.5) is 0 Å². The van der Waals surface area contributed by atoms with Crippen molar-refractivity contribution in [2.75, 3.05) is 13.1 Å². The van der Waals surface area contributed by atoms with Crippen LogP contribution < -0.4 is 10.6 Å². The molecular weight excluding hydrogens is 252 g/mol. The van der Waals surface area contributed by atoms with Crippen LogP contribution in [0.15, 0.2) is 16.5 Å². The Kier molecular flexibility index (Phi) is 6.22. The molecule has 0 fully saturated rings. The molecule has 1 amide bonds. The van der Waals surface area contributed by atoms with Crippen LogP contribution in [0.5, 0.6) is 0 Å². The van der Waals surface area contributed by atoms with E-state index in [1.807, 2.05) is 0 Å². The Bertz CT molecular complexity index is 377. The van der Waals surface area contributed by atoms with Gasteiger partial charge in [0.05, 0.1) is 0 Å². The fraction of sp³-hybridized carbons (Fsp3) is 0.615. The number of rotatable bonds is 7. The molecule has 2 N–H and O–H groups in total. The summed E-state index contributed by atoms with van der Waals surface area (Å²) in [6.07, 6.45) is 0.886. The highest BCUT2D eigenvalue weighted by Crippen LogP contribution is 2.12. The number of carbonyl (C=O) groups is 1. The van der Waals surface area contributed by atoms with Gasteiger partial charge in [-0.25, -0.2) is 0 Å². The zero-order valence-electron chi connectivity index (χ0n) is 11.1. The van der Waals surface area contributed by atoms with Gasteiger partial charge < -0.3 is 15.1 Å². The van der Waals surface area contributed by atoms with Crippen LogP contribution in [0, 0.1) is 5.92 Å². The average Bonchev–Trinajstić information content (AvgIpc) is 2.74. The van der Waals surface area contributed by atoms with Crippen molar-refractivity contribution >= 4 is 17.5 Å². The minimum Gasteiger partial charge on any atom is -0.440 e. The number of halogens is 1. The number of furan rings is 1. The van der Waals surface area contributed by atoms with Gasteiger partial charge in [0.15, 0.2) is 11.0 Å². The van der Waals surface area contributed by atoms with Gasteiger partial charge in [0.25, 0.3) is 5.91 Å². The van der Waals surface area contributed by atoms with Crippen molar-refractivity contribution in [2.45, 2.75) is 33.2 Å².